The maximum Gasteiger partial charge on any atom is 0.410 e. The topological polar surface area (TPSA) is 228 Å². The van der Waals surface area contributed by atoms with Crippen LogP contribution in [0.1, 0.15) is 52.6 Å². The highest BCUT2D eigenvalue weighted by atomic mass is 16.6. The SMILES string of the molecule is Cc1ccc(-n2nc(N3CCN(C(=O)OC(C)(C)C)CC3)cc2NC(=O)c2cnn3cccnc23)nc1.Cc1ccc(-n2nc(N3CCNCC3)cc2NC(=O)c2cnn3cccnc23)nc1. The number of nitrogens with one attached hydrogen (secondary N) is 3. The summed E-state index contributed by atoms with van der Waals surface area (Å²) in [5, 5.41) is 27.1. The molecule has 0 radical (unpaired) electrons. The van der Waals surface area contributed by atoms with E-state index < -0.39 is 5.60 Å². The Balaban J connectivity index is 0.000000171. The predicted octanol–water partition coefficient (Wildman–Crippen LogP) is 4.21. The van der Waals surface area contributed by atoms with Crippen LogP contribution in [0.25, 0.3) is 22.9 Å². The van der Waals surface area contributed by atoms with Gasteiger partial charge in [-0.25, -0.2) is 33.8 Å². The average molecular weight is 907 g/mol. The first-order valence-electron chi connectivity index (χ1n) is 21.8. The molecule has 22 heteroatoms. The van der Waals surface area contributed by atoms with E-state index in [1.165, 1.54) is 12.4 Å². The van der Waals surface area contributed by atoms with Crippen molar-refractivity contribution < 1.29 is 19.1 Å². The highest BCUT2D eigenvalue weighted by Gasteiger charge is 2.28. The van der Waals surface area contributed by atoms with E-state index in [-0.39, 0.29) is 17.9 Å². The summed E-state index contributed by atoms with van der Waals surface area (Å²) in [5.41, 5.74) is 3.21. The van der Waals surface area contributed by atoms with Gasteiger partial charge >= 0.3 is 6.09 Å². The Morgan fingerprint density at radius 3 is 1.54 bits per heavy atom. The van der Waals surface area contributed by atoms with Gasteiger partial charge in [0.15, 0.2) is 34.6 Å². The lowest BCUT2D eigenvalue weighted by atomic mass is 10.2. The number of hydrogen-bond donors (Lipinski definition) is 3. The molecule has 3 amide bonds. The summed E-state index contributed by atoms with van der Waals surface area (Å²) in [6, 6.07) is 14.8. The number of amides is 3. The Bertz CT molecular complexity index is 3030. The zero-order chi connectivity index (χ0) is 46.7. The van der Waals surface area contributed by atoms with Gasteiger partial charge in [0.1, 0.15) is 28.4 Å². The lowest BCUT2D eigenvalue weighted by molar-refractivity contribution is 0.0240. The summed E-state index contributed by atoms with van der Waals surface area (Å²) in [4.78, 5) is 62.1. The molecule has 0 unspecified atom stereocenters. The van der Waals surface area contributed by atoms with Gasteiger partial charge in [0.05, 0.1) is 12.4 Å². The van der Waals surface area contributed by atoms with Gasteiger partial charge in [0.25, 0.3) is 11.8 Å². The third-order valence-corrected chi connectivity index (χ3v) is 10.8. The van der Waals surface area contributed by atoms with Gasteiger partial charge in [-0.3, -0.25) is 9.59 Å². The van der Waals surface area contributed by atoms with Crippen molar-refractivity contribution in [1.29, 1.82) is 0 Å². The summed E-state index contributed by atoms with van der Waals surface area (Å²) in [6.07, 6.45) is 12.9. The third-order valence-electron chi connectivity index (χ3n) is 10.8. The van der Waals surface area contributed by atoms with Crippen LogP contribution < -0.4 is 25.8 Å². The number of carbonyl (C=O) groups excluding carboxylic acids is 3. The van der Waals surface area contributed by atoms with Crippen LogP contribution in [0.3, 0.4) is 0 Å². The van der Waals surface area contributed by atoms with Gasteiger partial charge in [-0.2, -0.15) is 19.6 Å². The van der Waals surface area contributed by atoms with Gasteiger partial charge in [0, 0.05) is 102 Å². The van der Waals surface area contributed by atoms with Crippen molar-refractivity contribution in [1.82, 2.24) is 68.9 Å². The molecule has 0 aliphatic carbocycles. The zero-order valence-electron chi connectivity index (χ0n) is 37.7. The molecule has 344 valence electrons. The summed E-state index contributed by atoms with van der Waals surface area (Å²) in [6.45, 7) is 15.1. The molecule has 8 aromatic rings. The van der Waals surface area contributed by atoms with Gasteiger partial charge in [-0.05, 0) is 70.0 Å². The van der Waals surface area contributed by atoms with Crippen molar-refractivity contribution in [3.63, 3.8) is 0 Å². The first-order chi connectivity index (χ1) is 32.4. The van der Waals surface area contributed by atoms with Gasteiger partial charge in [0.2, 0.25) is 0 Å². The molecule has 2 fully saturated rings. The molecule has 8 aromatic heterocycles. The number of anilines is 4. The fourth-order valence-corrected chi connectivity index (χ4v) is 7.42. The molecule has 0 saturated carbocycles. The van der Waals surface area contributed by atoms with Crippen LogP contribution in [-0.4, -0.2) is 139 Å². The normalized spacial score (nSPS) is 14.2. The van der Waals surface area contributed by atoms with E-state index in [0.717, 1.165) is 43.1 Å². The minimum Gasteiger partial charge on any atom is -0.444 e. The van der Waals surface area contributed by atoms with E-state index in [2.05, 4.69) is 55.9 Å². The molecule has 2 aliphatic rings. The maximum absolute atomic E-state index is 13.2. The molecule has 10 rings (SSSR count). The Labute approximate surface area is 384 Å². The van der Waals surface area contributed by atoms with Crippen molar-refractivity contribution in [3.05, 3.63) is 120 Å². The van der Waals surface area contributed by atoms with E-state index >= 15 is 0 Å². The maximum atomic E-state index is 13.2. The quantitative estimate of drug-likeness (QED) is 0.194. The van der Waals surface area contributed by atoms with E-state index in [4.69, 9.17) is 14.9 Å². The number of aromatic nitrogens is 12. The molecular weight excluding hydrogens is 857 g/mol. The second kappa shape index (κ2) is 18.7. The number of nitrogens with zero attached hydrogens (tertiary/aromatic N) is 15. The molecule has 0 atom stereocenters. The first kappa shape index (κ1) is 44.0. The molecule has 2 saturated heterocycles. The molecule has 0 aromatic carbocycles. The molecule has 0 spiro atoms. The molecule has 2 aliphatic heterocycles. The predicted molar refractivity (Wildman–Crippen MR) is 249 cm³/mol. The number of hydrogen-bond acceptors (Lipinski definition) is 15. The van der Waals surface area contributed by atoms with E-state index in [1.54, 1.807) is 72.6 Å². The molecule has 10 heterocycles. The number of ether oxygens (including phenoxy) is 1. The average Bonchev–Trinajstić information content (AvgIpc) is 4.15. The summed E-state index contributed by atoms with van der Waals surface area (Å²) < 4.78 is 11.9. The third kappa shape index (κ3) is 9.88. The number of rotatable bonds is 8. The Kier molecular flexibility index (Phi) is 12.3. The minimum absolute atomic E-state index is 0.302. The van der Waals surface area contributed by atoms with Crippen molar-refractivity contribution in [2.75, 3.05) is 72.8 Å². The lowest BCUT2D eigenvalue weighted by Crippen LogP contribution is -2.50. The smallest absolute Gasteiger partial charge is 0.410 e. The highest BCUT2D eigenvalue weighted by molar-refractivity contribution is 6.08. The zero-order valence-corrected chi connectivity index (χ0v) is 37.7. The highest BCUT2D eigenvalue weighted by Crippen LogP contribution is 2.26. The molecular formula is C45H50N18O4. The number of pyridine rings is 2. The Hall–Kier alpha value is -8.27. The standard InChI is InChI=1S/C25H29N9O3.C20H21N9O/c1-17-6-7-19(27-15-17)34-20(29-23(35)18-16-28-33-9-5-8-26-22(18)33)14-21(30-34)31-10-12-32(13-11-31)24(36)37-25(2,3)4;1-14-3-4-16(23-12-14)29-17(11-18(26-29)27-9-6-21-7-10-27)25-20(30)15-13-24-28-8-2-5-22-19(15)28/h5-9,14-16H,10-13H2,1-4H3,(H,29,35);2-5,8,11-13,21H,6-7,9-10H2,1H3,(H,25,30). The molecule has 0 bridgehead atoms. The van der Waals surface area contributed by atoms with Crippen molar-refractivity contribution in [3.8, 4) is 11.6 Å². The lowest BCUT2D eigenvalue weighted by Gasteiger charge is -2.35. The van der Waals surface area contributed by atoms with E-state index in [9.17, 15) is 14.4 Å². The molecule has 22 nitrogen and oxygen atoms in total. The number of piperazine rings is 2. The van der Waals surface area contributed by atoms with Gasteiger partial charge < -0.3 is 35.4 Å². The van der Waals surface area contributed by atoms with Crippen molar-refractivity contribution in [2.24, 2.45) is 0 Å². The van der Waals surface area contributed by atoms with Crippen LogP contribution >= 0.6 is 0 Å². The van der Waals surface area contributed by atoms with Gasteiger partial charge in [-0.1, -0.05) is 12.1 Å². The number of fused-ring (bicyclic) bond motifs is 2. The summed E-state index contributed by atoms with van der Waals surface area (Å²) >= 11 is 0. The fraction of sp³-hybridized carbons (Fsp3) is 0.311. The molecule has 67 heavy (non-hydrogen) atoms. The van der Waals surface area contributed by atoms with Crippen LogP contribution in [0.15, 0.2) is 98.1 Å². The summed E-state index contributed by atoms with van der Waals surface area (Å²) in [5.74, 6) is 3.01. The second-order valence-corrected chi connectivity index (χ2v) is 17.0. The van der Waals surface area contributed by atoms with Gasteiger partial charge in [-0.15, -0.1) is 10.2 Å². The van der Waals surface area contributed by atoms with Crippen LogP contribution in [-0.2, 0) is 4.74 Å². The van der Waals surface area contributed by atoms with Crippen LogP contribution in [0.4, 0.5) is 28.1 Å². The van der Waals surface area contributed by atoms with E-state index in [1.807, 2.05) is 71.0 Å². The van der Waals surface area contributed by atoms with E-state index in [0.29, 0.717) is 77.7 Å². The van der Waals surface area contributed by atoms with Crippen LogP contribution in [0.5, 0.6) is 0 Å². The number of carbonyl (C=O) groups is 3. The minimum atomic E-state index is -0.544. The Morgan fingerprint density at radius 1 is 0.612 bits per heavy atom. The second-order valence-electron chi connectivity index (χ2n) is 17.0. The summed E-state index contributed by atoms with van der Waals surface area (Å²) in [7, 11) is 0. The van der Waals surface area contributed by atoms with Crippen molar-refractivity contribution in [2.45, 2.75) is 40.2 Å². The van der Waals surface area contributed by atoms with Crippen molar-refractivity contribution >= 4 is 52.5 Å². The van der Waals surface area contributed by atoms with Crippen LogP contribution in [0, 0.1) is 13.8 Å². The van der Waals surface area contributed by atoms with Crippen LogP contribution in [0.2, 0.25) is 0 Å². The monoisotopic (exact) mass is 906 g/mol. The largest absolute Gasteiger partial charge is 0.444 e. The number of aryl methyl sites for hydroxylation is 2. The Morgan fingerprint density at radius 2 is 1.09 bits per heavy atom. The fourth-order valence-electron chi connectivity index (χ4n) is 7.42. The molecule has 3 N–H and O–H groups in total. The first-order valence-corrected chi connectivity index (χ1v) is 21.8.